The molecular weight excluding hydrogens is 377 g/mol. The molecule has 1 aliphatic rings. The number of nitrogens with zero attached hydrogens (tertiary/aromatic N) is 2. The van der Waals surface area contributed by atoms with Crippen molar-refractivity contribution < 1.29 is 9.18 Å². The third kappa shape index (κ3) is 3.58. The molecule has 3 aromatic rings. The van der Waals surface area contributed by atoms with Gasteiger partial charge >= 0.3 is 0 Å². The lowest BCUT2D eigenvalue weighted by Gasteiger charge is -2.32. The molecular formula is C21H22FN3O2S. The van der Waals surface area contributed by atoms with Crippen LogP contribution in [0, 0.1) is 19.7 Å². The van der Waals surface area contributed by atoms with E-state index >= 15 is 0 Å². The normalized spacial score (nSPS) is 17.2. The Labute approximate surface area is 166 Å². The molecule has 0 radical (unpaired) electrons. The second-order valence-electron chi connectivity index (χ2n) is 7.40. The van der Waals surface area contributed by atoms with Gasteiger partial charge in [0, 0.05) is 23.9 Å². The van der Waals surface area contributed by atoms with E-state index in [4.69, 9.17) is 4.98 Å². The highest BCUT2D eigenvalue weighted by molar-refractivity contribution is 7.18. The van der Waals surface area contributed by atoms with Gasteiger partial charge in [0.25, 0.3) is 5.56 Å². The Morgan fingerprint density at radius 2 is 2.21 bits per heavy atom. The average Bonchev–Trinajstić information content (AvgIpc) is 2.96. The Bertz CT molecular complexity index is 1100. The molecule has 0 saturated carbocycles. The number of carbonyl (C=O) groups excluding carboxylic acids is 1. The fourth-order valence-corrected chi connectivity index (χ4v) is 4.86. The minimum atomic E-state index is -0.335. The Morgan fingerprint density at radius 1 is 1.39 bits per heavy atom. The van der Waals surface area contributed by atoms with Crippen LogP contribution in [-0.2, 0) is 11.2 Å². The first-order valence-electron chi connectivity index (χ1n) is 9.44. The molecule has 0 unspecified atom stereocenters. The van der Waals surface area contributed by atoms with E-state index in [1.807, 2.05) is 13.8 Å². The lowest BCUT2D eigenvalue weighted by Crippen LogP contribution is -2.40. The van der Waals surface area contributed by atoms with Crippen LogP contribution in [0.1, 0.15) is 40.6 Å². The molecule has 1 aliphatic heterocycles. The quantitative estimate of drug-likeness (QED) is 0.730. The molecule has 1 fully saturated rings. The summed E-state index contributed by atoms with van der Waals surface area (Å²) in [4.78, 5) is 36.6. The largest absolute Gasteiger partial charge is 0.342 e. The molecule has 1 saturated heterocycles. The Hall–Kier alpha value is -2.54. The van der Waals surface area contributed by atoms with Crippen LogP contribution in [0.4, 0.5) is 4.39 Å². The number of carbonyl (C=O) groups is 1. The number of nitrogens with one attached hydrogen (secondary N) is 1. The third-order valence-corrected chi connectivity index (χ3v) is 6.56. The summed E-state index contributed by atoms with van der Waals surface area (Å²) in [5.41, 5.74) is 1.55. The lowest BCUT2D eigenvalue weighted by molar-refractivity contribution is -0.131. The molecule has 0 bridgehead atoms. The van der Waals surface area contributed by atoms with Crippen molar-refractivity contribution >= 4 is 27.5 Å². The zero-order chi connectivity index (χ0) is 19.8. The summed E-state index contributed by atoms with van der Waals surface area (Å²) in [6.07, 6.45) is 1.90. The Balaban J connectivity index is 1.54. The highest BCUT2D eigenvalue weighted by atomic mass is 32.1. The van der Waals surface area contributed by atoms with Gasteiger partial charge in [0.05, 0.1) is 11.8 Å². The number of aromatic amines is 1. The van der Waals surface area contributed by atoms with Gasteiger partial charge in [-0.2, -0.15) is 0 Å². The number of aromatic nitrogens is 2. The van der Waals surface area contributed by atoms with Gasteiger partial charge in [-0.3, -0.25) is 9.59 Å². The summed E-state index contributed by atoms with van der Waals surface area (Å²) in [6.45, 7) is 5.13. The number of piperidine rings is 1. The maximum atomic E-state index is 13.4. The summed E-state index contributed by atoms with van der Waals surface area (Å²) >= 11 is 1.53. The number of benzene rings is 1. The topological polar surface area (TPSA) is 66.1 Å². The fourth-order valence-electron chi connectivity index (χ4n) is 3.82. The van der Waals surface area contributed by atoms with E-state index in [1.165, 1.54) is 23.5 Å². The molecule has 28 heavy (non-hydrogen) atoms. The summed E-state index contributed by atoms with van der Waals surface area (Å²) in [7, 11) is 0. The van der Waals surface area contributed by atoms with Gasteiger partial charge in [0.15, 0.2) is 0 Å². The first-order valence-corrected chi connectivity index (χ1v) is 10.3. The minimum absolute atomic E-state index is 0.00465. The number of thiophene rings is 1. The molecule has 1 aromatic carbocycles. The zero-order valence-corrected chi connectivity index (χ0v) is 16.7. The molecule has 0 spiro atoms. The summed E-state index contributed by atoms with van der Waals surface area (Å²) in [6, 6.07) is 6.15. The molecule has 3 heterocycles. The Morgan fingerprint density at radius 3 is 3.00 bits per heavy atom. The van der Waals surface area contributed by atoms with Gasteiger partial charge in [-0.05, 0) is 49.9 Å². The Kier molecular flexibility index (Phi) is 5.02. The monoisotopic (exact) mass is 399 g/mol. The first kappa shape index (κ1) is 18.8. The molecule has 2 aromatic heterocycles. The number of aryl methyl sites for hydroxylation is 2. The molecule has 5 nitrogen and oxygen atoms in total. The molecule has 0 aliphatic carbocycles. The van der Waals surface area contributed by atoms with E-state index in [-0.39, 0.29) is 29.6 Å². The third-order valence-electron chi connectivity index (χ3n) is 5.46. The van der Waals surface area contributed by atoms with Crippen molar-refractivity contribution in [2.24, 2.45) is 0 Å². The standard InChI is InChI=1S/C21H22FN3O2S/c1-12-13(2)28-21-18(12)20(27)23-19(24-21)15-6-4-8-25(11-15)17(26)10-14-5-3-7-16(22)9-14/h3,5,7,9,15H,4,6,8,10-11H2,1-2H3,(H,23,24,27)/t15-/m1/s1. The smallest absolute Gasteiger partial charge is 0.259 e. The van der Waals surface area contributed by atoms with Crippen LogP contribution in [0.15, 0.2) is 29.1 Å². The zero-order valence-electron chi connectivity index (χ0n) is 15.9. The molecule has 146 valence electrons. The number of H-pyrrole nitrogens is 1. The summed E-state index contributed by atoms with van der Waals surface area (Å²) in [5.74, 6) is 0.298. The number of rotatable bonds is 3. The van der Waals surface area contributed by atoms with Gasteiger partial charge in [-0.25, -0.2) is 9.37 Å². The van der Waals surface area contributed by atoms with Crippen molar-refractivity contribution in [3.05, 3.63) is 62.3 Å². The highest BCUT2D eigenvalue weighted by Gasteiger charge is 2.27. The maximum Gasteiger partial charge on any atom is 0.259 e. The SMILES string of the molecule is Cc1sc2nc([C@@H]3CCCN(C(=O)Cc4cccc(F)c4)C3)[nH]c(=O)c2c1C. The van der Waals surface area contributed by atoms with E-state index in [9.17, 15) is 14.0 Å². The molecule has 1 atom stereocenters. The van der Waals surface area contributed by atoms with Crippen molar-refractivity contribution in [2.45, 2.75) is 39.0 Å². The number of amides is 1. The molecule has 4 rings (SSSR count). The van der Waals surface area contributed by atoms with Gasteiger partial charge in [-0.15, -0.1) is 11.3 Å². The summed E-state index contributed by atoms with van der Waals surface area (Å²) < 4.78 is 13.4. The van der Waals surface area contributed by atoms with Gasteiger partial charge in [0.1, 0.15) is 16.5 Å². The number of hydrogen-bond acceptors (Lipinski definition) is 4. The van der Waals surface area contributed by atoms with Crippen LogP contribution in [0.3, 0.4) is 0 Å². The maximum absolute atomic E-state index is 13.4. The van der Waals surface area contributed by atoms with Gasteiger partial charge < -0.3 is 9.88 Å². The lowest BCUT2D eigenvalue weighted by atomic mass is 9.96. The van der Waals surface area contributed by atoms with E-state index in [1.54, 1.807) is 17.0 Å². The van der Waals surface area contributed by atoms with E-state index in [0.717, 1.165) is 28.1 Å². The van der Waals surface area contributed by atoms with Crippen molar-refractivity contribution in [1.29, 1.82) is 0 Å². The number of halogens is 1. The second-order valence-corrected chi connectivity index (χ2v) is 8.60. The van der Waals surface area contributed by atoms with Crippen molar-refractivity contribution in [2.75, 3.05) is 13.1 Å². The van der Waals surface area contributed by atoms with E-state index in [0.29, 0.717) is 29.9 Å². The van der Waals surface area contributed by atoms with Crippen molar-refractivity contribution in [3.8, 4) is 0 Å². The average molecular weight is 399 g/mol. The van der Waals surface area contributed by atoms with Crippen LogP contribution in [0.2, 0.25) is 0 Å². The minimum Gasteiger partial charge on any atom is -0.342 e. The molecule has 7 heteroatoms. The van der Waals surface area contributed by atoms with Crippen molar-refractivity contribution in [1.82, 2.24) is 14.9 Å². The van der Waals surface area contributed by atoms with Crippen LogP contribution in [0.5, 0.6) is 0 Å². The second kappa shape index (κ2) is 7.47. The van der Waals surface area contributed by atoms with E-state index < -0.39 is 0 Å². The molecule has 1 amide bonds. The molecule has 1 N–H and O–H groups in total. The van der Waals surface area contributed by atoms with Crippen LogP contribution >= 0.6 is 11.3 Å². The summed E-state index contributed by atoms with van der Waals surface area (Å²) in [5, 5.41) is 0.668. The van der Waals surface area contributed by atoms with Gasteiger partial charge in [-0.1, -0.05) is 12.1 Å². The first-order chi connectivity index (χ1) is 13.4. The predicted octanol–water partition coefficient (Wildman–Crippen LogP) is 3.69. The van der Waals surface area contributed by atoms with E-state index in [2.05, 4.69) is 4.98 Å². The van der Waals surface area contributed by atoms with Crippen LogP contribution < -0.4 is 5.56 Å². The van der Waals surface area contributed by atoms with Crippen LogP contribution in [0.25, 0.3) is 10.2 Å². The highest BCUT2D eigenvalue weighted by Crippen LogP contribution is 2.29. The number of likely N-dealkylation sites (tertiary alicyclic amines) is 1. The van der Waals surface area contributed by atoms with Gasteiger partial charge in [0.2, 0.25) is 5.91 Å². The van der Waals surface area contributed by atoms with Crippen LogP contribution in [-0.4, -0.2) is 33.9 Å². The predicted molar refractivity (Wildman–Crippen MR) is 108 cm³/mol. The van der Waals surface area contributed by atoms with Crippen molar-refractivity contribution in [3.63, 3.8) is 0 Å². The number of fused-ring (bicyclic) bond motifs is 1. The number of hydrogen-bond donors (Lipinski definition) is 1. The fraction of sp³-hybridized carbons (Fsp3) is 0.381.